The first kappa shape index (κ1) is 20.0. The van der Waals surface area contributed by atoms with Gasteiger partial charge in [-0.25, -0.2) is 15.4 Å². The van der Waals surface area contributed by atoms with Crippen LogP contribution in [-0.2, 0) is 4.74 Å². The molecule has 0 bridgehead atoms. The molecule has 0 atom stereocenters. The fourth-order valence-corrected chi connectivity index (χ4v) is 3.75. The number of nitrogens with zero attached hydrogens (tertiary/aromatic N) is 4. The average Bonchev–Trinajstić information content (AvgIpc) is 3.34. The largest absolute Gasteiger partial charge is 0.378 e. The molecule has 1 aliphatic heterocycles. The quantitative estimate of drug-likeness (QED) is 0.330. The minimum Gasteiger partial charge on any atom is -0.378 e. The summed E-state index contributed by atoms with van der Waals surface area (Å²) < 4.78 is 7.31. The Morgan fingerprint density at radius 3 is 2.69 bits per heavy atom. The van der Waals surface area contributed by atoms with Crippen LogP contribution in [0.2, 0.25) is 0 Å². The Kier molecular flexibility index (Phi) is 5.40. The number of ether oxygens (including phenoxy) is 1. The van der Waals surface area contributed by atoms with E-state index in [0.29, 0.717) is 22.7 Å². The van der Waals surface area contributed by atoms with Crippen LogP contribution in [0.15, 0.2) is 67.1 Å². The number of anilines is 3. The van der Waals surface area contributed by atoms with Crippen molar-refractivity contribution < 1.29 is 14.7 Å². The highest BCUT2D eigenvalue weighted by molar-refractivity contribution is 5.94. The predicted molar refractivity (Wildman–Crippen MR) is 120 cm³/mol. The van der Waals surface area contributed by atoms with Crippen molar-refractivity contribution >= 4 is 28.7 Å². The van der Waals surface area contributed by atoms with Crippen LogP contribution in [0.5, 0.6) is 0 Å². The van der Waals surface area contributed by atoms with Gasteiger partial charge in [-0.1, -0.05) is 12.1 Å². The van der Waals surface area contributed by atoms with Crippen LogP contribution in [0.3, 0.4) is 0 Å². The van der Waals surface area contributed by atoms with E-state index in [2.05, 4.69) is 27.3 Å². The molecule has 3 heterocycles. The number of hydrogen-bond acceptors (Lipinski definition) is 7. The first-order chi connectivity index (χ1) is 15.7. The molecule has 2 aromatic carbocycles. The smallest absolute Gasteiger partial charge is 0.274 e. The maximum Gasteiger partial charge on any atom is 0.274 e. The predicted octanol–water partition coefficient (Wildman–Crippen LogP) is 3.10. The zero-order valence-corrected chi connectivity index (χ0v) is 17.2. The Morgan fingerprint density at radius 2 is 1.91 bits per heavy atom. The molecule has 0 saturated carbocycles. The van der Waals surface area contributed by atoms with E-state index in [4.69, 9.17) is 14.9 Å². The number of morpholine rings is 1. The Bertz CT molecular complexity index is 1250. The van der Waals surface area contributed by atoms with Crippen LogP contribution < -0.4 is 15.7 Å². The highest BCUT2D eigenvalue weighted by Crippen LogP contribution is 2.26. The number of rotatable bonds is 5. The van der Waals surface area contributed by atoms with Crippen LogP contribution >= 0.6 is 0 Å². The van der Waals surface area contributed by atoms with Crippen molar-refractivity contribution in [2.24, 2.45) is 0 Å². The Morgan fingerprint density at radius 1 is 1.09 bits per heavy atom. The molecule has 4 aromatic rings. The lowest BCUT2D eigenvalue weighted by atomic mass is 10.1. The molecule has 9 nitrogen and oxygen atoms in total. The topological polar surface area (TPSA) is 104 Å². The van der Waals surface area contributed by atoms with Gasteiger partial charge in [0.2, 0.25) is 0 Å². The number of hydroxylamine groups is 1. The van der Waals surface area contributed by atoms with Crippen LogP contribution in [0.1, 0.15) is 10.4 Å². The monoisotopic (exact) mass is 430 g/mol. The molecule has 1 saturated heterocycles. The van der Waals surface area contributed by atoms with Crippen molar-refractivity contribution in [1.82, 2.24) is 19.8 Å². The van der Waals surface area contributed by atoms with Crippen molar-refractivity contribution in [2.45, 2.75) is 0 Å². The van der Waals surface area contributed by atoms with E-state index in [1.165, 1.54) is 0 Å². The number of amides is 1. The van der Waals surface area contributed by atoms with Crippen molar-refractivity contribution in [1.29, 1.82) is 0 Å². The van der Waals surface area contributed by atoms with E-state index in [1.807, 2.05) is 35.0 Å². The molecule has 1 amide bonds. The molecular formula is C23H22N6O3. The molecular weight excluding hydrogens is 408 g/mol. The van der Waals surface area contributed by atoms with Crippen LogP contribution in [-0.4, -0.2) is 51.8 Å². The third-order valence-electron chi connectivity index (χ3n) is 5.40. The van der Waals surface area contributed by atoms with Gasteiger partial charge in [0.25, 0.3) is 5.91 Å². The van der Waals surface area contributed by atoms with Crippen LogP contribution in [0, 0.1) is 0 Å². The summed E-state index contributed by atoms with van der Waals surface area (Å²) >= 11 is 0. The molecule has 0 radical (unpaired) electrons. The average molecular weight is 430 g/mol. The zero-order valence-electron chi connectivity index (χ0n) is 17.2. The molecule has 32 heavy (non-hydrogen) atoms. The van der Waals surface area contributed by atoms with E-state index >= 15 is 0 Å². The number of nitrogens with one attached hydrogen (secondary N) is 2. The molecule has 0 spiro atoms. The number of carbonyl (C=O) groups excluding carboxylic acids is 1. The van der Waals surface area contributed by atoms with Gasteiger partial charge in [-0.2, -0.15) is 0 Å². The van der Waals surface area contributed by atoms with Crippen LogP contribution in [0.4, 0.5) is 17.2 Å². The highest BCUT2D eigenvalue weighted by Gasteiger charge is 2.13. The molecule has 5 rings (SSSR count). The van der Waals surface area contributed by atoms with Crippen LogP contribution in [0.25, 0.3) is 16.9 Å². The molecule has 1 fully saturated rings. The summed E-state index contributed by atoms with van der Waals surface area (Å²) in [6, 6.07) is 15.1. The first-order valence-electron chi connectivity index (χ1n) is 10.3. The van der Waals surface area contributed by atoms with E-state index < -0.39 is 5.91 Å². The van der Waals surface area contributed by atoms with Crippen molar-refractivity contribution in [2.75, 3.05) is 36.5 Å². The first-order valence-corrected chi connectivity index (χ1v) is 10.3. The maximum absolute atomic E-state index is 11.8. The second-order valence-corrected chi connectivity index (χ2v) is 7.43. The number of hydrogen-bond donors (Lipinski definition) is 3. The summed E-state index contributed by atoms with van der Waals surface area (Å²) in [7, 11) is 0. The fourth-order valence-electron chi connectivity index (χ4n) is 3.75. The standard InChI is InChI=1S/C23H22N6O3/c30-23(27-31)17-3-1-2-16(14-17)20-15-29-9-8-24-22(29)21(26-20)25-18-4-6-19(7-5-18)28-10-12-32-13-11-28/h1-9,14-15,31H,10-13H2,(H,25,26)(H,27,30). The number of benzene rings is 2. The number of imidazole rings is 1. The van der Waals surface area contributed by atoms with Gasteiger partial charge in [0.15, 0.2) is 11.5 Å². The van der Waals surface area contributed by atoms with E-state index in [1.54, 1.807) is 29.9 Å². The fraction of sp³-hybridized carbons (Fsp3) is 0.174. The van der Waals surface area contributed by atoms with E-state index in [0.717, 1.165) is 43.2 Å². The highest BCUT2D eigenvalue weighted by atomic mass is 16.5. The van der Waals surface area contributed by atoms with E-state index in [-0.39, 0.29) is 0 Å². The Balaban J connectivity index is 1.45. The van der Waals surface area contributed by atoms with Gasteiger partial charge in [0.05, 0.1) is 18.9 Å². The summed E-state index contributed by atoms with van der Waals surface area (Å²) in [5.74, 6) is 0.0258. The number of aromatic nitrogens is 3. The Labute approximate surface area is 184 Å². The minimum atomic E-state index is -0.575. The van der Waals surface area contributed by atoms with Crippen molar-refractivity contribution in [3.05, 3.63) is 72.7 Å². The van der Waals surface area contributed by atoms with Gasteiger partial charge in [0, 0.05) is 54.2 Å². The molecule has 3 N–H and O–H groups in total. The van der Waals surface area contributed by atoms with Gasteiger partial charge >= 0.3 is 0 Å². The normalized spacial score (nSPS) is 13.8. The molecule has 1 aliphatic rings. The maximum atomic E-state index is 11.8. The third-order valence-corrected chi connectivity index (χ3v) is 5.40. The number of carbonyl (C=O) groups is 1. The Hall–Kier alpha value is -3.95. The summed E-state index contributed by atoms with van der Waals surface area (Å²) in [5.41, 5.74) is 6.15. The summed E-state index contributed by atoms with van der Waals surface area (Å²) in [6.07, 6.45) is 5.41. The lowest BCUT2D eigenvalue weighted by Gasteiger charge is -2.28. The lowest BCUT2D eigenvalue weighted by molar-refractivity contribution is 0.0706. The summed E-state index contributed by atoms with van der Waals surface area (Å²) in [6.45, 7) is 3.27. The summed E-state index contributed by atoms with van der Waals surface area (Å²) in [4.78, 5) is 23.3. The molecule has 2 aromatic heterocycles. The second-order valence-electron chi connectivity index (χ2n) is 7.43. The van der Waals surface area contributed by atoms with Gasteiger partial charge in [0.1, 0.15) is 0 Å². The van der Waals surface area contributed by atoms with Crippen molar-refractivity contribution in [3.63, 3.8) is 0 Å². The van der Waals surface area contributed by atoms with Gasteiger partial charge in [-0.3, -0.25) is 10.0 Å². The zero-order chi connectivity index (χ0) is 21.9. The number of fused-ring (bicyclic) bond motifs is 1. The van der Waals surface area contributed by atoms with Gasteiger partial charge in [-0.05, 0) is 36.4 Å². The van der Waals surface area contributed by atoms with E-state index in [9.17, 15) is 4.79 Å². The molecule has 0 aliphatic carbocycles. The summed E-state index contributed by atoms with van der Waals surface area (Å²) in [5, 5.41) is 12.3. The third kappa shape index (κ3) is 3.98. The van der Waals surface area contributed by atoms with Crippen molar-refractivity contribution in [3.8, 4) is 11.3 Å². The lowest BCUT2D eigenvalue weighted by Crippen LogP contribution is -2.36. The minimum absolute atomic E-state index is 0.339. The molecule has 9 heteroatoms. The SMILES string of the molecule is O=C(NO)c1cccc(-c2cn3ccnc3c(Nc3ccc(N4CCOCC4)cc3)n2)c1. The van der Waals surface area contributed by atoms with Gasteiger partial charge < -0.3 is 19.4 Å². The van der Waals surface area contributed by atoms with Gasteiger partial charge in [-0.15, -0.1) is 0 Å². The molecule has 162 valence electrons. The second kappa shape index (κ2) is 8.66. The molecule has 0 unspecified atom stereocenters.